The summed E-state index contributed by atoms with van der Waals surface area (Å²) in [7, 11) is 0. The van der Waals surface area contributed by atoms with Crippen LogP contribution >= 0.6 is 0 Å². The molecule has 1 atom stereocenters. The molecule has 0 amide bonds. The standard InChI is InChI=1S/C21H16N2/c1-21(17-6-4-5-15(13-17)14-22)11-9-16(10-12-21)20-18-7-2-3-8-19(18)23-20/h2-11,13H,12H2,1H3/p+1. The van der Waals surface area contributed by atoms with Crippen LogP contribution in [0.25, 0.3) is 0 Å². The molecule has 2 aromatic rings. The van der Waals surface area contributed by atoms with E-state index in [1.807, 2.05) is 24.3 Å². The molecule has 0 bridgehead atoms. The van der Waals surface area contributed by atoms with Crippen LogP contribution in [0.2, 0.25) is 0 Å². The molecule has 4 rings (SSSR count). The van der Waals surface area contributed by atoms with Crippen molar-refractivity contribution in [2.75, 3.05) is 0 Å². The summed E-state index contributed by atoms with van der Waals surface area (Å²) in [5.74, 6) is 0. The van der Waals surface area contributed by atoms with E-state index in [9.17, 15) is 0 Å². The van der Waals surface area contributed by atoms with Crippen molar-refractivity contribution in [3.63, 3.8) is 0 Å². The van der Waals surface area contributed by atoms with Crippen LogP contribution in [0.5, 0.6) is 0 Å². The highest BCUT2D eigenvalue weighted by Gasteiger charge is 2.32. The molecule has 2 aromatic carbocycles. The topological polar surface area (TPSA) is 37.8 Å². The first kappa shape index (κ1) is 13.7. The summed E-state index contributed by atoms with van der Waals surface area (Å²) in [5, 5.41) is 9.10. The third kappa shape index (κ3) is 2.22. The Balaban J connectivity index is 1.61. The Hall–Kier alpha value is -2.92. The Kier molecular flexibility index (Phi) is 3.02. The molecular weight excluding hydrogens is 280 g/mol. The van der Waals surface area contributed by atoms with Crippen LogP contribution in [0.1, 0.15) is 30.0 Å². The predicted octanol–water partition coefficient (Wildman–Crippen LogP) is 2.92. The Morgan fingerprint density at radius 2 is 2.00 bits per heavy atom. The Bertz CT molecular complexity index is 925. The first-order chi connectivity index (χ1) is 11.2. The summed E-state index contributed by atoms with van der Waals surface area (Å²) in [6.45, 7) is 2.22. The van der Waals surface area contributed by atoms with Gasteiger partial charge in [0.15, 0.2) is 0 Å². The van der Waals surface area contributed by atoms with Gasteiger partial charge in [-0.2, -0.15) is 5.26 Å². The SMILES string of the molecule is CC1(c2cccc(C#N)c2)C=CC(C2=[NH+]c3ccccc32)=CC1. The molecule has 110 valence electrons. The van der Waals surface area contributed by atoms with E-state index in [1.54, 1.807) is 0 Å². The zero-order chi connectivity index (χ0) is 15.9. The molecule has 0 fully saturated rings. The lowest BCUT2D eigenvalue weighted by atomic mass is 9.74. The monoisotopic (exact) mass is 297 g/mol. The van der Waals surface area contributed by atoms with Gasteiger partial charge in [-0.1, -0.05) is 49.4 Å². The highest BCUT2D eigenvalue weighted by molar-refractivity contribution is 6.16. The number of para-hydroxylation sites is 1. The normalized spacial score (nSPS) is 21.6. The van der Waals surface area contributed by atoms with E-state index >= 15 is 0 Å². The second-order valence-corrected chi connectivity index (χ2v) is 6.35. The lowest BCUT2D eigenvalue weighted by Gasteiger charge is -2.29. The van der Waals surface area contributed by atoms with Gasteiger partial charge in [0, 0.05) is 17.1 Å². The van der Waals surface area contributed by atoms with Crippen LogP contribution in [-0.4, -0.2) is 5.71 Å². The maximum absolute atomic E-state index is 9.10. The van der Waals surface area contributed by atoms with Crippen molar-refractivity contribution in [2.45, 2.75) is 18.8 Å². The second kappa shape index (κ2) is 5.07. The van der Waals surface area contributed by atoms with Crippen molar-refractivity contribution in [2.24, 2.45) is 0 Å². The number of hydrogen-bond donors (Lipinski definition) is 1. The summed E-state index contributed by atoms with van der Waals surface area (Å²) in [6, 6.07) is 18.5. The van der Waals surface area contributed by atoms with Crippen LogP contribution < -0.4 is 4.99 Å². The van der Waals surface area contributed by atoms with Crippen molar-refractivity contribution in [1.82, 2.24) is 0 Å². The van der Waals surface area contributed by atoms with Crippen molar-refractivity contribution >= 4 is 11.4 Å². The number of nitrogens with zero attached hydrogens (tertiary/aromatic N) is 1. The van der Waals surface area contributed by atoms with Crippen molar-refractivity contribution in [3.05, 3.63) is 89.0 Å². The molecule has 0 aromatic heterocycles. The Morgan fingerprint density at radius 3 is 2.74 bits per heavy atom. The quantitative estimate of drug-likeness (QED) is 0.909. The number of benzene rings is 2. The average molecular weight is 297 g/mol. The fourth-order valence-corrected chi connectivity index (χ4v) is 3.25. The molecule has 2 aliphatic rings. The zero-order valence-electron chi connectivity index (χ0n) is 13.0. The van der Waals surface area contributed by atoms with E-state index in [2.05, 4.69) is 60.5 Å². The summed E-state index contributed by atoms with van der Waals surface area (Å²) >= 11 is 0. The summed E-state index contributed by atoms with van der Waals surface area (Å²) < 4.78 is 0. The average Bonchev–Trinajstić information content (AvgIpc) is 2.58. The molecular formula is C21H17N2+. The molecule has 1 aliphatic carbocycles. The van der Waals surface area contributed by atoms with Crippen molar-refractivity contribution < 1.29 is 4.99 Å². The molecule has 1 unspecified atom stereocenters. The third-order valence-corrected chi connectivity index (χ3v) is 4.77. The molecule has 0 saturated heterocycles. The van der Waals surface area contributed by atoms with Gasteiger partial charge in [-0.25, -0.2) is 4.99 Å². The summed E-state index contributed by atoms with van der Waals surface area (Å²) in [4.78, 5) is 3.43. The van der Waals surface area contributed by atoms with Crippen molar-refractivity contribution in [1.29, 1.82) is 5.26 Å². The van der Waals surface area contributed by atoms with Gasteiger partial charge < -0.3 is 0 Å². The van der Waals surface area contributed by atoms with E-state index in [1.165, 1.54) is 28.1 Å². The molecule has 2 heteroatoms. The zero-order valence-corrected chi connectivity index (χ0v) is 13.0. The molecule has 23 heavy (non-hydrogen) atoms. The molecule has 0 radical (unpaired) electrons. The van der Waals surface area contributed by atoms with Gasteiger partial charge >= 0.3 is 0 Å². The number of fused-ring (bicyclic) bond motifs is 1. The molecule has 0 saturated carbocycles. The van der Waals surface area contributed by atoms with Gasteiger partial charge in [-0.15, -0.1) is 0 Å². The number of nitrogens with one attached hydrogen (secondary N) is 1. The number of hydrogen-bond acceptors (Lipinski definition) is 1. The van der Waals surface area contributed by atoms with Crippen LogP contribution in [0, 0.1) is 11.3 Å². The smallest absolute Gasteiger partial charge is 0.203 e. The second-order valence-electron chi connectivity index (χ2n) is 6.35. The van der Waals surface area contributed by atoms with Crippen LogP contribution in [0.3, 0.4) is 0 Å². The van der Waals surface area contributed by atoms with Crippen LogP contribution in [-0.2, 0) is 5.41 Å². The van der Waals surface area contributed by atoms with Gasteiger partial charge in [0.25, 0.3) is 0 Å². The highest BCUT2D eigenvalue weighted by Crippen LogP contribution is 2.35. The molecule has 0 spiro atoms. The minimum atomic E-state index is -0.0554. The van der Waals surface area contributed by atoms with E-state index in [0.29, 0.717) is 0 Å². The first-order valence-electron chi connectivity index (χ1n) is 7.83. The Morgan fingerprint density at radius 1 is 1.13 bits per heavy atom. The summed E-state index contributed by atoms with van der Waals surface area (Å²) in [5.41, 5.74) is 6.80. The van der Waals surface area contributed by atoms with Crippen LogP contribution in [0.15, 0.2) is 72.3 Å². The minimum Gasteiger partial charge on any atom is -0.203 e. The number of nitriles is 1. The molecule has 1 N–H and O–H groups in total. The summed E-state index contributed by atoms with van der Waals surface area (Å²) in [6.07, 6.45) is 7.67. The maximum atomic E-state index is 9.10. The van der Waals surface area contributed by atoms with E-state index < -0.39 is 0 Å². The van der Waals surface area contributed by atoms with Gasteiger partial charge in [0.1, 0.15) is 5.56 Å². The van der Waals surface area contributed by atoms with Gasteiger partial charge in [0.05, 0.1) is 11.6 Å². The van der Waals surface area contributed by atoms with Crippen LogP contribution in [0.4, 0.5) is 5.69 Å². The maximum Gasteiger partial charge on any atom is 0.225 e. The largest absolute Gasteiger partial charge is 0.225 e. The lowest BCUT2D eigenvalue weighted by molar-refractivity contribution is -0.367. The van der Waals surface area contributed by atoms with E-state index in [-0.39, 0.29) is 5.41 Å². The highest BCUT2D eigenvalue weighted by atomic mass is 14.8. The lowest BCUT2D eigenvalue weighted by Crippen LogP contribution is -2.74. The van der Waals surface area contributed by atoms with Gasteiger partial charge in [0.2, 0.25) is 11.4 Å². The Labute approximate surface area is 136 Å². The number of rotatable bonds is 2. The van der Waals surface area contributed by atoms with E-state index in [4.69, 9.17) is 5.26 Å². The third-order valence-electron chi connectivity index (χ3n) is 4.77. The first-order valence-corrected chi connectivity index (χ1v) is 7.83. The van der Waals surface area contributed by atoms with Gasteiger partial charge in [-0.3, -0.25) is 0 Å². The minimum absolute atomic E-state index is 0.0554. The van der Waals surface area contributed by atoms with Crippen molar-refractivity contribution in [3.8, 4) is 6.07 Å². The number of allylic oxidation sites excluding steroid dienone is 4. The fraction of sp³-hybridized carbons (Fsp3) is 0.143. The molecule has 1 heterocycles. The molecule has 1 aliphatic heterocycles. The fourth-order valence-electron chi connectivity index (χ4n) is 3.25. The van der Waals surface area contributed by atoms with E-state index in [0.717, 1.165) is 12.0 Å². The predicted molar refractivity (Wildman–Crippen MR) is 91.5 cm³/mol. The molecule has 2 nitrogen and oxygen atoms in total. The van der Waals surface area contributed by atoms with Gasteiger partial charge in [-0.05, 0) is 30.2 Å².